The molecule has 1 aromatic rings. The molecule has 2 rings (SSSR count). The van der Waals surface area contributed by atoms with Crippen molar-refractivity contribution in [2.45, 2.75) is 45.1 Å². The van der Waals surface area contributed by atoms with Crippen molar-refractivity contribution < 1.29 is 22.5 Å². The molecule has 1 saturated heterocycles. The first-order chi connectivity index (χ1) is 8.94. The van der Waals surface area contributed by atoms with Gasteiger partial charge in [-0.05, 0) is 45.9 Å². The number of nitrogens with two attached hydrogens (primary N) is 1. The van der Waals surface area contributed by atoms with E-state index in [4.69, 9.17) is 15.0 Å². The average Bonchev–Trinajstić information content (AvgIpc) is 2.46. The van der Waals surface area contributed by atoms with Gasteiger partial charge in [-0.1, -0.05) is 0 Å². The predicted octanol–water partition coefficient (Wildman–Crippen LogP) is 2.59. The maximum atomic E-state index is 12.8. The number of anilines is 1. The van der Waals surface area contributed by atoms with Crippen molar-refractivity contribution in [3.05, 3.63) is 23.8 Å². The molecule has 1 aliphatic heterocycles. The molecule has 0 amide bonds. The molecule has 0 aromatic heterocycles. The second-order valence-corrected chi connectivity index (χ2v) is 5.93. The van der Waals surface area contributed by atoms with Crippen molar-refractivity contribution in [1.29, 1.82) is 0 Å². The Morgan fingerprint density at radius 3 is 2.00 bits per heavy atom. The number of alkyl halides is 3. The molecule has 1 fully saturated rings. The van der Waals surface area contributed by atoms with Gasteiger partial charge in [-0.2, -0.15) is 13.2 Å². The van der Waals surface area contributed by atoms with Gasteiger partial charge in [0.05, 0.1) is 16.8 Å². The van der Waals surface area contributed by atoms with E-state index in [1.807, 2.05) is 27.7 Å². The molecule has 1 heterocycles. The third kappa shape index (κ3) is 2.52. The summed E-state index contributed by atoms with van der Waals surface area (Å²) in [4.78, 5) is 0. The van der Waals surface area contributed by atoms with Gasteiger partial charge in [0.25, 0.3) is 0 Å². The predicted molar refractivity (Wildman–Crippen MR) is 71.6 cm³/mol. The lowest BCUT2D eigenvalue weighted by molar-refractivity contribution is -0.137. The van der Waals surface area contributed by atoms with Crippen molar-refractivity contribution >= 4 is 18.3 Å². The molecule has 0 saturated carbocycles. The first-order valence-electron chi connectivity index (χ1n) is 6.26. The number of rotatable bonds is 1. The van der Waals surface area contributed by atoms with Gasteiger partial charge in [0.2, 0.25) is 0 Å². The number of hydrogen-bond acceptors (Lipinski definition) is 3. The van der Waals surface area contributed by atoms with Crippen LogP contribution in [0.25, 0.3) is 0 Å². The van der Waals surface area contributed by atoms with E-state index in [1.165, 1.54) is 6.07 Å². The van der Waals surface area contributed by atoms with Crippen LogP contribution >= 0.6 is 0 Å². The van der Waals surface area contributed by atoms with Crippen LogP contribution in [-0.4, -0.2) is 18.3 Å². The van der Waals surface area contributed by atoms with Crippen LogP contribution in [0, 0.1) is 0 Å². The second kappa shape index (κ2) is 4.39. The van der Waals surface area contributed by atoms with E-state index in [0.717, 1.165) is 12.1 Å². The van der Waals surface area contributed by atoms with Gasteiger partial charge < -0.3 is 15.0 Å². The van der Waals surface area contributed by atoms with Crippen LogP contribution in [0.1, 0.15) is 33.3 Å². The molecule has 1 aliphatic rings. The highest BCUT2D eigenvalue weighted by Gasteiger charge is 2.52. The molecule has 0 unspecified atom stereocenters. The van der Waals surface area contributed by atoms with Crippen LogP contribution in [0.15, 0.2) is 18.2 Å². The summed E-state index contributed by atoms with van der Waals surface area (Å²) in [6.45, 7) is 7.32. The molecular weight excluding hydrogens is 270 g/mol. The summed E-state index contributed by atoms with van der Waals surface area (Å²) in [5.74, 6) is 0. The fourth-order valence-electron chi connectivity index (χ4n) is 1.93. The lowest BCUT2D eigenvalue weighted by Crippen LogP contribution is -2.41. The second-order valence-electron chi connectivity index (χ2n) is 5.93. The fraction of sp³-hybridized carbons (Fsp3) is 0.538. The Morgan fingerprint density at radius 1 is 1.05 bits per heavy atom. The molecule has 110 valence electrons. The highest BCUT2D eigenvalue weighted by atomic mass is 19.4. The highest BCUT2D eigenvalue weighted by molar-refractivity contribution is 6.63. The van der Waals surface area contributed by atoms with E-state index in [1.54, 1.807) is 0 Å². The summed E-state index contributed by atoms with van der Waals surface area (Å²) in [7, 11) is -0.901. The van der Waals surface area contributed by atoms with Gasteiger partial charge >= 0.3 is 13.3 Å². The zero-order chi connectivity index (χ0) is 15.3. The van der Waals surface area contributed by atoms with E-state index in [-0.39, 0.29) is 11.2 Å². The standard InChI is InChI=1S/C13H17BF3NO2/c1-11(2)12(3,4)20-14(19-11)9-7-8(13(15,16)17)5-6-10(9)18/h5-7H,18H2,1-4H3. The molecule has 7 heteroatoms. The molecule has 0 atom stereocenters. The molecule has 2 N–H and O–H groups in total. The van der Waals surface area contributed by atoms with E-state index in [9.17, 15) is 13.2 Å². The van der Waals surface area contributed by atoms with Crippen molar-refractivity contribution in [3.63, 3.8) is 0 Å². The zero-order valence-electron chi connectivity index (χ0n) is 11.8. The smallest absolute Gasteiger partial charge is 0.399 e. The number of halogens is 3. The van der Waals surface area contributed by atoms with Crippen molar-refractivity contribution in [2.75, 3.05) is 5.73 Å². The zero-order valence-corrected chi connectivity index (χ0v) is 11.8. The van der Waals surface area contributed by atoms with E-state index in [2.05, 4.69) is 0 Å². The van der Waals surface area contributed by atoms with Gasteiger partial charge in [0.1, 0.15) is 0 Å². The number of hydrogen-bond donors (Lipinski definition) is 1. The molecule has 0 aliphatic carbocycles. The first-order valence-corrected chi connectivity index (χ1v) is 6.26. The largest absolute Gasteiger partial charge is 0.496 e. The highest BCUT2D eigenvalue weighted by Crippen LogP contribution is 2.37. The lowest BCUT2D eigenvalue weighted by Gasteiger charge is -2.32. The Labute approximate surface area is 116 Å². The number of benzene rings is 1. The van der Waals surface area contributed by atoms with Gasteiger partial charge in [0, 0.05) is 11.2 Å². The van der Waals surface area contributed by atoms with Gasteiger partial charge in [0.15, 0.2) is 0 Å². The van der Waals surface area contributed by atoms with Crippen molar-refractivity contribution in [3.8, 4) is 0 Å². The molecule has 20 heavy (non-hydrogen) atoms. The molecule has 3 nitrogen and oxygen atoms in total. The average molecular weight is 287 g/mol. The van der Waals surface area contributed by atoms with E-state index in [0.29, 0.717) is 0 Å². The van der Waals surface area contributed by atoms with Gasteiger partial charge in [-0.3, -0.25) is 0 Å². The third-order valence-corrected chi connectivity index (χ3v) is 3.92. The topological polar surface area (TPSA) is 44.5 Å². The minimum Gasteiger partial charge on any atom is -0.399 e. The minimum absolute atomic E-state index is 0.207. The summed E-state index contributed by atoms with van der Waals surface area (Å²) in [6.07, 6.45) is -4.42. The quantitative estimate of drug-likeness (QED) is 0.638. The monoisotopic (exact) mass is 287 g/mol. The third-order valence-electron chi connectivity index (χ3n) is 3.92. The van der Waals surface area contributed by atoms with Crippen molar-refractivity contribution in [2.24, 2.45) is 0 Å². The maximum absolute atomic E-state index is 12.8. The van der Waals surface area contributed by atoms with Crippen LogP contribution in [0.5, 0.6) is 0 Å². The SMILES string of the molecule is CC1(C)OB(c2cc(C(F)(F)F)ccc2N)OC1(C)C. The normalized spacial score (nSPS) is 21.2. The first kappa shape index (κ1) is 15.2. The maximum Gasteiger partial charge on any atom is 0.496 e. The Bertz CT molecular complexity index is 513. The van der Waals surface area contributed by atoms with Crippen molar-refractivity contribution in [1.82, 2.24) is 0 Å². The summed E-state index contributed by atoms with van der Waals surface area (Å²) in [6, 6.07) is 3.16. The molecule has 0 radical (unpaired) electrons. The van der Waals surface area contributed by atoms with Crippen LogP contribution < -0.4 is 11.2 Å². The lowest BCUT2D eigenvalue weighted by atomic mass is 9.77. The van der Waals surface area contributed by atoms with Crippen LogP contribution in [0.4, 0.5) is 18.9 Å². The van der Waals surface area contributed by atoms with Gasteiger partial charge in [-0.25, -0.2) is 0 Å². The summed E-state index contributed by atoms with van der Waals surface area (Å²) < 4.78 is 49.8. The number of nitrogen functional groups attached to an aromatic ring is 1. The Kier molecular flexibility index (Phi) is 3.34. The fourth-order valence-corrected chi connectivity index (χ4v) is 1.93. The summed E-state index contributed by atoms with van der Waals surface area (Å²) in [5, 5.41) is 0. The minimum atomic E-state index is -4.42. The van der Waals surface area contributed by atoms with E-state index >= 15 is 0 Å². The molecular formula is C13H17BF3NO2. The molecule has 1 aromatic carbocycles. The van der Waals surface area contributed by atoms with Crippen LogP contribution in [-0.2, 0) is 15.5 Å². The Hall–Kier alpha value is -1.21. The van der Waals surface area contributed by atoms with Crippen LogP contribution in [0.2, 0.25) is 0 Å². The summed E-state index contributed by atoms with van der Waals surface area (Å²) >= 11 is 0. The van der Waals surface area contributed by atoms with Crippen LogP contribution in [0.3, 0.4) is 0 Å². The Morgan fingerprint density at radius 2 is 1.55 bits per heavy atom. The van der Waals surface area contributed by atoms with E-state index < -0.39 is 30.1 Å². The molecule has 0 spiro atoms. The molecule has 0 bridgehead atoms. The van der Waals surface area contributed by atoms with Gasteiger partial charge in [-0.15, -0.1) is 0 Å². The Balaban J connectivity index is 2.40. The summed E-state index contributed by atoms with van der Waals surface area (Å²) in [5.41, 5.74) is 4.17.